The van der Waals surface area contributed by atoms with Gasteiger partial charge in [-0.15, -0.1) is 0 Å². The minimum Gasteiger partial charge on any atom is -0.310 e. The molecule has 1 atom stereocenters. The van der Waals surface area contributed by atoms with E-state index in [1.54, 1.807) is 12.3 Å². The second kappa shape index (κ2) is 7.61. The van der Waals surface area contributed by atoms with Crippen molar-refractivity contribution in [2.75, 3.05) is 6.54 Å². The summed E-state index contributed by atoms with van der Waals surface area (Å²) >= 11 is 3.28. The molecule has 0 spiro atoms. The molecule has 2 aromatic rings. The summed E-state index contributed by atoms with van der Waals surface area (Å²) < 4.78 is 28.1. The predicted octanol–water partition coefficient (Wildman–Crippen LogP) is 4.41. The molecule has 0 fully saturated rings. The van der Waals surface area contributed by atoms with E-state index in [-0.39, 0.29) is 17.7 Å². The largest absolute Gasteiger partial charge is 0.310 e. The van der Waals surface area contributed by atoms with Gasteiger partial charge in [-0.1, -0.05) is 22.9 Å². The number of benzene rings is 1. The molecule has 0 aliphatic rings. The summed E-state index contributed by atoms with van der Waals surface area (Å²) in [5.74, 6) is -0.648. The molecule has 0 saturated carbocycles. The number of halogens is 3. The van der Waals surface area contributed by atoms with Crippen molar-refractivity contribution in [2.24, 2.45) is 0 Å². The molecule has 1 N–H and O–H groups in total. The third kappa shape index (κ3) is 4.58. The van der Waals surface area contributed by atoms with E-state index in [4.69, 9.17) is 0 Å². The zero-order valence-electron chi connectivity index (χ0n) is 11.7. The van der Waals surface area contributed by atoms with Crippen LogP contribution in [0.1, 0.15) is 30.5 Å². The first-order valence-electron chi connectivity index (χ1n) is 6.88. The van der Waals surface area contributed by atoms with E-state index in [0.29, 0.717) is 16.5 Å². The van der Waals surface area contributed by atoms with Crippen molar-refractivity contribution >= 4 is 15.9 Å². The lowest BCUT2D eigenvalue weighted by Crippen LogP contribution is -2.25. The van der Waals surface area contributed by atoms with E-state index in [9.17, 15) is 8.78 Å². The summed E-state index contributed by atoms with van der Waals surface area (Å²) in [6.45, 7) is 2.81. The monoisotopic (exact) mass is 354 g/mol. The lowest BCUT2D eigenvalue weighted by atomic mass is 9.99. The van der Waals surface area contributed by atoms with E-state index in [2.05, 4.69) is 26.2 Å². The molecule has 1 aromatic carbocycles. The molecule has 0 aliphatic heterocycles. The van der Waals surface area contributed by atoms with Gasteiger partial charge in [0, 0.05) is 22.3 Å². The molecule has 2 nitrogen and oxygen atoms in total. The maximum atomic E-state index is 13.9. The van der Waals surface area contributed by atoms with Crippen molar-refractivity contribution in [1.29, 1.82) is 0 Å². The van der Waals surface area contributed by atoms with Crippen LogP contribution in [0.25, 0.3) is 0 Å². The first kappa shape index (κ1) is 16.0. The molecule has 2 rings (SSSR count). The highest BCUT2D eigenvalue weighted by Gasteiger charge is 2.16. The third-order valence-corrected chi connectivity index (χ3v) is 3.64. The lowest BCUT2D eigenvalue weighted by molar-refractivity contribution is 0.493. The second-order valence-corrected chi connectivity index (χ2v) is 5.80. The molecule has 21 heavy (non-hydrogen) atoms. The van der Waals surface area contributed by atoms with Crippen LogP contribution in [0, 0.1) is 11.6 Å². The van der Waals surface area contributed by atoms with Crippen LogP contribution in [0.4, 0.5) is 8.78 Å². The summed E-state index contributed by atoms with van der Waals surface area (Å²) in [6, 6.07) is 6.19. The van der Waals surface area contributed by atoms with Crippen LogP contribution in [0.2, 0.25) is 0 Å². The first-order chi connectivity index (χ1) is 10.1. The highest BCUT2D eigenvalue weighted by atomic mass is 79.9. The third-order valence-electron chi connectivity index (χ3n) is 3.18. The smallest absolute Gasteiger partial charge is 0.146 e. The van der Waals surface area contributed by atoms with Crippen LogP contribution in [-0.2, 0) is 6.42 Å². The minimum atomic E-state index is -0.346. The molecule has 0 amide bonds. The van der Waals surface area contributed by atoms with Gasteiger partial charge in [-0.25, -0.2) is 8.78 Å². The summed E-state index contributed by atoms with van der Waals surface area (Å²) in [6.07, 6.45) is 4.23. The Morgan fingerprint density at radius 1 is 1.29 bits per heavy atom. The van der Waals surface area contributed by atoms with Gasteiger partial charge in [0.25, 0.3) is 0 Å². The van der Waals surface area contributed by atoms with Gasteiger partial charge in [0.05, 0.1) is 6.20 Å². The maximum Gasteiger partial charge on any atom is 0.146 e. The average Bonchev–Trinajstić information content (AvgIpc) is 2.43. The zero-order valence-corrected chi connectivity index (χ0v) is 13.3. The molecule has 5 heteroatoms. The normalized spacial score (nSPS) is 12.4. The van der Waals surface area contributed by atoms with Gasteiger partial charge >= 0.3 is 0 Å². The van der Waals surface area contributed by atoms with Crippen molar-refractivity contribution in [1.82, 2.24) is 10.3 Å². The summed E-state index contributed by atoms with van der Waals surface area (Å²) in [5, 5.41) is 3.31. The number of rotatable bonds is 6. The van der Waals surface area contributed by atoms with Crippen molar-refractivity contribution in [3.05, 3.63) is 63.9 Å². The first-order valence-corrected chi connectivity index (χ1v) is 7.67. The second-order valence-electron chi connectivity index (χ2n) is 4.89. The molecule has 1 unspecified atom stereocenters. The Labute approximate surface area is 131 Å². The molecule has 0 aliphatic carbocycles. The topological polar surface area (TPSA) is 24.9 Å². The quantitative estimate of drug-likeness (QED) is 0.831. The van der Waals surface area contributed by atoms with Crippen LogP contribution in [-0.4, -0.2) is 11.5 Å². The van der Waals surface area contributed by atoms with Crippen LogP contribution in [0.5, 0.6) is 0 Å². The van der Waals surface area contributed by atoms with E-state index < -0.39 is 0 Å². The van der Waals surface area contributed by atoms with Crippen LogP contribution in [0.15, 0.2) is 41.1 Å². The average molecular weight is 355 g/mol. The van der Waals surface area contributed by atoms with E-state index in [0.717, 1.165) is 18.5 Å². The van der Waals surface area contributed by atoms with Crippen molar-refractivity contribution in [3.63, 3.8) is 0 Å². The molecule has 1 aromatic heterocycles. The van der Waals surface area contributed by atoms with Crippen LogP contribution in [0.3, 0.4) is 0 Å². The van der Waals surface area contributed by atoms with Gasteiger partial charge in [-0.05, 0) is 49.2 Å². The highest BCUT2D eigenvalue weighted by Crippen LogP contribution is 2.23. The molecule has 0 bridgehead atoms. The fourth-order valence-electron chi connectivity index (χ4n) is 2.24. The molecular weight excluding hydrogens is 338 g/mol. The van der Waals surface area contributed by atoms with E-state index in [1.807, 2.05) is 13.0 Å². The van der Waals surface area contributed by atoms with Gasteiger partial charge in [-0.2, -0.15) is 0 Å². The maximum absolute atomic E-state index is 13.9. The molecular formula is C16H17BrF2N2. The van der Waals surface area contributed by atoms with E-state index in [1.165, 1.54) is 18.3 Å². The summed E-state index contributed by atoms with van der Waals surface area (Å²) in [5.41, 5.74) is 1.37. The van der Waals surface area contributed by atoms with Crippen molar-refractivity contribution < 1.29 is 8.78 Å². The summed E-state index contributed by atoms with van der Waals surface area (Å²) in [4.78, 5) is 3.77. The van der Waals surface area contributed by atoms with Crippen LogP contribution >= 0.6 is 15.9 Å². The number of aromatic nitrogens is 1. The van der Waals surface area contributed by atoms with Gasteiger partial charge < -0.3 is 5.32 Å². The lowest BCUT2D eigenvalue weighted by Gasteiger charge is -2.19. The Kier molecular flexibility index (Phi) is 5.82. The Balaban J connectivity index is 2.26. The fraction of sp³-hybridized carbons (Fsp3) is 0.312. The van der Waals surface area contributed by atoms with Crippen molar-refractivity contribution in [3.8, 4) is 0 Å². The number of hydrogen-bond acceptors (Lipinski definition) is 2. The molecule has 0 saturated heterocycles. The SMILES string of the molecule is CCCNC(Cc1cc(F)cc(Br)c1)c1ccncc1F. The molecule has 1 heterocycles. The molecule has 112 valence electrons. The Morgan fingerprint density at radius 2 is 2.10 bits per heavy atom. The van der Waals surface area contributed by atoms with E-state index >= 15 is 0 Å². The highest BCUT2D eigenvalue weighted by molar-refractivity contribution is 9.10. The number of pyridine rings is 1. The van der Waals surface area contributed by atoms with Gasteiger partial charge in [0.1, 0.15) is 11.6 Å². The number of nitrogens with one attached hydrogen (secondary N) is 1. The molecule has 0 radical (unpaired) electrons. The Morgan fingerprint density at radius 3 is 2.76 bits per heavy atom. The van der Waals surface area contributed by atoms with Gasteiger partial charge in [0.2, 0.25) is 0 Å². The number of nitrogens with zero attached hydrogens (tertiary/aromatic N) is 1. The zero-order chi connectivity index (χ0) is 15.2. The van der Waals surface area contributed by atoms with Crippen LogP contribution < -0.4 is 5.32 Å². The Bertz CT molecular complexity index is 584. The summed E-state index contributed by atoms with van der Waals surface area (Å²) in [7, 11) is 0. The Hall–Kier alpha value is -1.33. The van der Waals surface area contributed by atoms with Gasteiger partial charge in [-0.3, -0.25) is 4.98 Å². The number of hydrogen-bond donors (Lipinski definition) is 1. The minimum absolute atomic E-state index is 0.207. The van der Waals surface area contributed by atoms with Crippen molar-refractivity contribution in [2.45, 2.75) is 25.8 Å². The standard InChI is InChI=1S/C16H17BrF2N2/c1-2-4-21-16(14-3-5-20-10-15(14)19)8-11-6-12(17)9-13(18)7-11/h3,5-7,9-10,16,21H,2,4,8H2,1H3. The predicted molar refractivity (Wildman–Crippen MR) is 83.0 cm³/mol. The fourth-order valence-corrected chi connectivity index (χ4v) is 2.76. The van der Waals surface area contributed by atoms with Gasteiger partial charge in [0.15, 0.2) is 0 Å².